The van der Waals surface area contributed by atoms with Crippen LogP contribution < -0.4 is 15.6 Å². The normalized spacial score (nSPS) is 13.9. The van der Waals surface area contributed by atoms with Gasteiger partial charge < -0.3 is 10.6 Å². The van der Waals surface area contributed by atoms with Crippen molar-refractivity contribution in [1.82, 2.24) is 5.32 Å². The predicted molar refractivity (Wildman–Crippen MR) is 135 cm³/mol. The third-order valence-corrected chi connectivity index (χ3v) is 6.23. The van der Waals surface area contributed by atoms with Crippen LogP contribution in [0.1, 0.15) is 29.3 Å². The molecule has 1 atom stereocenters. The zero-order valence-corrected chi connectivity index (χ0v) is 19.6. The second-order valence-electron chi connectivity index (χ2n) is 7.86. The Morgan fingerprint density at radius 1 is 0.971 bits per heavy atom. The summed E-state index contributed by atoms with van der Waals surface area (Å²) in [6.45, 7) is 3.73. The summed E-state index contributed by atoms with van der Waals surface area (Å²) < 4.78 is 0. The van der Waals surface area contributed by atoms with Gasteiger partial charge in [0.15, 0.2) is 0 Å². The van der Waals surface area contributed by atoms with Crippen LogP contribution in [0, 0.1) is 6.92 Å². The van der Waals surface area contributed by atoms with Crippen LogP contribution >= 0.6 is 11.8 Å². The Hall–Kier alpha value is -3.91. The fourth-order valence-electron chi connectivity index (χ4n) is 3.38. The zero-order valence-electron chi connectivity index (χ0n) is 18.8. The van der Waals surface area contributed by atoms with Gasteiger partial charge in [-0.3, -0.25) is 14.4 Å². The fourth-order valence-corrected chi connectivity index (χ4v) is 4.25. The number of carbonyl (C=O) groups is 3. The molecule has 1 aliphatic heterocycles. The average Bonchev–Trinajstić information content (AvgIpc) is 3.20. The highest BCUT2D eigenvalue weighted by atomic mass is 32.2. The first-order valence-electron chi connectivity index (χ1n) is 10.8. The van der Waals surface area contributed by atoms with Crippen LogP contribution in [-0.4, -0.2) is 28.8 Å². The maximum absolute atomic E-state index is 12.7. The van der Waals surface area contributed by atoms with Crippen LogP contribution in [0.3, 0.4) is 0 Å². The molecule has 1 unspecified atom stereocenters. The Balaban J connectivity index is 1.32. The molecule has 0 radical (unpaired) electrons. The van der Waals surface area contributed by atoms with Gasteiger partial charge in [-0.1, -0.05) is 35.9 Å². The van der Waals surface area contributed by atoms with Crippen molar-refractivity contribution in [2.75, 3.05) is 10.3 Å². The third kappa shape index (κ3) is 5.71. The average molecular weight is 473 g/mol. The molecule has 172 valence electrons. The molecule has 0 spiro atoms. The number of amides is 3. The zero-order chi connectivity index (χ0) is 24.1. The molecule has 8 heteroatoms. The molecule has 3 amide bonds. The van der Waals surface area contributed by atoms with E-state index < -0.39 is 5.25 Å². The van der Waals surface area contributed by atoms with E-state index in [1.807, 2.05) is 55.5 Å². The molecule has 3 aromatic carbocycles. The van der Waals surface area contributed by atoms with Gasteiger partial charge in [0.05, 0.1) is 17.4 Å². The number of hydrogen-bond acceptors (Lipinski definition) is 5. The standard InChI is InChI=1S/C26H24N4O3S/c1-17-7-6-8-19(15-17)26(33)27-20-11-13-22(14-12-20)34-18(2)25(32)28-23-16-24(31)30(29-23)21-9-4-3-5-10-21/h3-15,18H,16H2,1-2H3,(H,27,33)(H,28,29,32). The Kier molecular flexibility index (Phi) is 7.08. The summed E-state index contributed by atoms with van der Waals surface area (Å²) in [5.41, 5.74) is 2.96. The number of para-hydroxylation sites is 1. The highest BCUT2D eigenvalue weighted by molar-refractivity contribution is 8.00. The van der Waals surface area contributed by atoms with Crippen LogP contribution in [0.15, 0.2) is 88.9 Å². The van der Waals surface area contributed by atoms with Crippen LogP contribution in [0.25, 0.3) is 0 Å². The van der Waals surface area contributed by atoms with Crippen molar-refractivity contribution in [3.8, 4) is 0 Å². The number of nitrogens with one attached hydrogen (secondary N) is 2. The van der Waals surface area contributed by atoms with E-state index in [9.17, 15) is 14.4 Å². The van der Waals surface area contributed by atoms with Crippen LogP contribution in [0.2, 0.25) is 0 Å². The van der Waals surface area contributed by atoms with Gasteiger partial charge in [0.25, 0.3) is 11.8 Å². The van der Waals surface area contributed by atoms with E-state index in [-0.39, 0.29) is 24.1 Å². The summed E-state index contributed by atoms with van der Waals surface area (Å²) in [4.78, 5) is 38.2. The Bertz CT molecular complexity index is 1240. The maximum atomic E-state index is 12.7. The van der Waals surface area contributed by atoms with E-state index >= 15 is 0 Å². The van der Waals surface area contributed by atoms with E-state index in [1.165, 1.54) is 16.8 Å². The van der Waals surface area contributed by atoms with Crippen LogP contribution in [-0.2, 0) is 9.59 Å². The van der Waals surface area contributed by atoms with Gasteiger partial charge in [0.2, 0.25) is 5.91 Å². The molecular formula is C26H24N4O3S. The molecule has 7 nitrogen and oxygen atoms in total. The van der Waals surface area contributed by atoms with Gasteiger partial charge in [-0.25, -0.2) is 0 Å². The van der Waals surface area contributed by atoms with Gasteiger partial charge in [-0.2, -0.15) is 10.1 Å². The number of benzene rings is 3. The number of carbonyl (C=O) groups excluding carboxylic acids is 3. The van der Waals surface area contributed by atoms with Gasteiger partial charge in [-0.05, 0) is 62.4 Å². The van der Waals surface area contributed by atoms with E-state index in [0.29, 0.717) is 22.8 Å². The minimum atomic E-state index is -0.406. The molecule has 1 aliphatic rings. The molecule has 0 saturated heterocycles. The number of nitrogens with zero attached hydrogens (tertiary/aromatic N) is 2. The minimum Gasteiger partial charge on any atom is -0.322 e. The summed E-state index contributed by atoms with van der Waals surface area (Å²) in [6, 6.07) is 23.8. The number of hydrogen-bond donors (Lipinski definition) is 2. The maximum Gasteiger partial charge on any atom is 0.255 e. The van der Waals surface area contributed by atoms with E-state index in [4.69, 9.17) is 0 Å². The first kappa shape index (κ1) is 23.3. The van der Waals surface area contributed by atoms with Gasteiger partial charge in [0.1, 0.15) is 5.84 Å². The number of aryl methyl sites for hydroxylation is 1. The second-order valence-corrected chi connectivity index (χ2v) is 9.28. The molecule has 1 heterocycles. The summed E-state index contributed by atoms with van der Waals surface area (Å²) in [5.74, 6) is -0.262. The summed E-state index contributed by atoms with van der Waals surface area (Å²) >= 11 is 1.38. The lowest BCUT2D eigenvalue weighted by Crippen LogP contribution is -2.35. The van der Waals surface area contributed by atoms with Crippen molar-refractivity contribution in [1.29, 1.82) is 0 Å². The Morgan fingerprint density at radius 3 is 2.41 bits per heavy atom. The van der Waals surface area contributed by atoms with Gasteiger partial charge in [0, 0.05) is 16.1 Å². The lowest BCUT2D eigenvalue weighted by molar-refractivity contribution is -0.118. The molecule has 34 heavy (non-hydrogen) atoms. The third-order valence-electron chi connectivity index (χ3n) is 5.12. The Morgan fingerprint density at radius 2 is 1.71 bits per heavy atom. The van der Waals surface area contributed by atoms with Gasteiger partial charge >= 0.3 is 0 Å². The quantitative estimate of drug-likeness (QED) is 0.513. The van der Waals surface area contributed by atoms with Crippen molar-refractivity contribution in [2.24, 2.45) is 5.10 Å². The van der Waals surface area contributed by atoms with Crippen LogP contribution in [0.4, 0.5) is 11.4 Å². The highest BCUT2D eigenvalue weighted by Crippen LogP contribution is 2.26. The van der Waals surface area contributed by atoms with Crippen molar-refractivity contribution < 1.29 is 14.4 Å². The van der Waals surface area contributed by atoms with E-state index in [1.54, 1.807) is 37.3 Å². The van der Waals surface area contributed by atoms with Crippen molar-refractivity contribution in [2.45, 2.75) is 30.4 Å². The highest BCUT2D eigenvalue weighted by Gasteiger charge is 2.27. The van der Waals surface area contributed by atoms with Crippen molar-refractivity contribution in [3.05, 3.63) is 90.0 Å². The second kappa shape index (κ2) is 10.4. The summed E-state index contributed by atoms with van der Waals surface area (Å²) in [5, 5.41) is 10.8. The summed E-state index contributed by atoms with van der Waals surface area (Å²) in [6.07, 6.45) is 0.0490. The summed E-state index contributed by atoms with van der Waals surface area (Å²) in [7, 11) is 0. The molecule has 4 rings (SSSR count). The SMILES string of the molecule is Cc1cccc(C(=O)Nc2ccc(SC(C)C(=O)NC3=NN(c4ccccc4)C(=O)C3)cc2)c1. The molecule has 0 aromatic heterocycles. The lowest BCUT2D eigenvalue weighted by atomic mass is 10.1. The molecule has 0 bridgehead atoms. The fraction of sp³-hybridized carbons (Fsp3) is 0.154. The number of amidine groups is 1. The molecule has 0 aliphatic carbocycles. The molecule has 3 aromatic rings. The molecule has 0 fully saturated rings. The number of anilines is 2. The monoisotopic (exact) mass is 472 g/mol. The van der Waals surface area contributed by atoms with E-state index in [2.05, 4.69) is 15.7 Å². The molecule has 2 N–H and O–H groups in total. The van der Waals surface area contributed by atoms with Crippen molar-refractivity contribution in [3.63, 3.8) is 0 Å². The molecular weight excluding hydrogens is 448 g/mol. The predicted octanol–water partition coefficient (Wildman–Crippen LogP) is 4.59. The van der Waals surface area contributed by atoms with Gasteiger partial charge in [-0.15, -0.1) is 11.8 Å². The lowest BCUT2D eigenvalue weighted by Gasteiger charge is -2.12. The minimum absolute atomic E-state index is 0.0490. The Labute approximate surface area is 202 Å². The first-order valence-corrected chi connectivity index (χ1v) is 11.7. The number of hydrazone groups is 1. The van der Waals surface area contributed by atoms with Crippen LogP contribution in [0.5, 0.6) is 0 Å². The number of rotatable bonds is 6. The largest absolute Gasteiger partial charge is 0.322 e. The van der Waals surface area contributed by atoms with E-state index in [0.717, 1.165) is 10.5 Å². The topological polar surface area (TPSA) is 90.9 Å². The van der Waals surface area contributed by atoms with Crippen molar-refractivity contribution >= 4 is 46.7 Å². The number of thioether (sulfide) groups is 1. The molecule has 0 saturated carbocycles. The first-order chi connectivity index (χ1) is 16.4. The smallest absolute Gasteiger partial charge is 0.255 e.